The van der Waals surface area contributed by atoms with Gasteiger partial charge in [0.15, 0.2) is 11.6 Å². The van der Waals surface area contributed by atoms with Gasteiger partial charge in [0, 0.05) is 45.9 Å². The van der Waals surface area contributed by atoms with Gasteiger partial charge in [-0.1, -0.05) is 23.8 Å². The van der Waals surface area contributed by atoms with E-state index in [1.807, 2.05) is 21.1 Å². The number of aliphatic imine (C=N–C) groups is 1. The minimum absolute atomic E-state index is 0.718. The van der Waals surface area contributed by atoms with Gasteiger partial charge in [-0.2, -0.15) is 0 Å². The summed E-state index contributed by atoms with van der Waals surface area (Å²) < 4.78 is 5.57. The van der Waals surface area contributed by atoms with E-state index >= 15 is 0 Å². The van der Waals surface area contributed by atoms with Crippen molar-refractivity contribution in [1.29, 1.82) is 0 Å². The largest absolute Gasteiger partial charge is 0.383 e. The number of aromatic nitrogens is 1. The minimum atomic E-state index is 0.718. The summed E-state index contributed by atoms with van der Waals surface area (Å²) in [5.74, 6) is 2.68. The number of amidine groups is 1. The topological polar surface area (TPSA) is 68.3 Å². The Morgan fingerprint density at radius 1 is 1.13 bits per heavy atom. The van der Waals surface area contributed by atoms with E-state index in [0.29, 0.717) is 0 Å². The van der Waals surface area contributed by atoms with Gasteiger partial charge < -0.3 is 19.9 Å². The first-order valence-corrected chi connectivity index (χ1v) is 10.5. The molecule has 1 fully saturated rings. The fourth-order valence-corrected chi connectivity index (χ4v) is 3.86. The molecule has 160 valence electrons. The summed E-state index contributed by atoms with van der Waals surface area (Å²) >= 11 is 0. The quantitative estimate of drug-likeness (QED) is 0.784. The van der Waals surface area contributed by atoms with Gasteiger partial charge in [-0.3, -0.25) is 15.4 Å². The van der Waals surface area contributed by atoms with Gasteiger partial charge in [-0.15, -0.1) is 0 Å². The molecule has 1 aromatic carbocycles. The molecular weight excluding hydrogens is 378 g/mol. The number of anilines is 4. The fraction of sp³-hybridized carbons (Fsp3) is 0.455. The van der Waals surface area contributed by atoms with Crippen LogP contribution in [0, 0.1) is 6.92 Å². The van der Waals surface area contributed by atoms with Gasteiger partial charge >= 0.3 is 0 Å². The monoisotopic (exact) mass is 409 g/mol. The lowest BCUT2D eigenvalue weighted by Gasteiger charge is -2.35. The number of nitrogens with one attached hydrogen (secondary N) is 2. The Kier molecular flexibility index (Phi) is 5.94. The van der Waals surface area contributed by atoms with Gasteiger partial charge in [-0.05, 0) is 13.0 Å². The van der Waals surface area contributed by atoms with Crippen LogP contribution in [0.15, 0.2) is 35.3 Å². The molecule has 0 atom stereocenters. The van der Waals surface area contributed by atoms with Crippen LogP contribution in [-0.4, -0.2) is 71.4 Å². The number of hydrogen-bond donors (Lipinski definition) is 2. The molecule has 8 heteroatoms. The van der Waals surface area contributed by atoms with Crippen molar-refractivity contribution in [2.75, 3.05) is 80.7 Å². The molecule has 2 aliphatic rings. The van der Waals surface area contributed by atoms with Crippen LogP contribution in [0.5, 0.6) is 0 Å². The molecule has 2 aromatic rings. The van der Waals surface area contributed by atoms with Crippen LogP contribution in [0.1, 0.15) is 11.1 Å². The predicted molar refractivity (Wildman–Crippen MR) is 124 cm³/mol. The summed E-state index contributed by atoms with van der Waals surface area (Å²) in [6.45, 7) is 6.80. The molecule has 0 aliphatic carbocycles. The van der Waals surface area contributed by atoms with Crippen molar-refractivity contribution in [2.24, 2.45) is 4.99 Å². The molecule has 2 N–H and O–H groups in total. The lowest BCUT2D eigenvalue weighted by atomic mass is 10.1. The van der Waals surface area contributed by atoms with Crippen molar-refractivity contribution in [3.8, 4) is 0 Å². The molecule has 8 nitrogen and oxygen atoms in total. The molecule has 0 bridgehead atoms. The number of benzene rings is 1. The zero-order chi connectivity index (χ0) is 21.1. The SMILES string of the molecule is CNc1c(N2CCOCC2)cc(N2CCN=C(c3cccc(C)c3)N2)nc1N(C)C. The Morgan fingerprint density at radius 3 is 2.63 bits per heavy atom. The summed E-state index contributed by atoms with van der Waals surface area (Å²) in [6.07, 6.45) is 0. The highest BCUT2D eigenvalue weighted by Gasteiger charge is 2.24. The number of morpholine rings is 1. The Labute approximate surface area is 178 Å². The van der Waals surface area contributed by atoms with Crippen molar-refractivity contribution >= 4 is 28.8 Å². The van der Waals surface area contributed by atoms with Gasteiger partial charge in [0.1, 0.15) is 11.5 Å². The summed E-state index contributed by atoms with van der Waals surface area (Å²) in [7, 11) is 6.01. The van der Waals surface area contributed by atoms with Crippen molar-refractivity contribution < 1.29 is 4.74 Å². The van der Waals surface area contributed by atoms with E-state index in [2.05, 4.69) is 62.8 Å². The number of hydrazine groups is 1. The lowest BCUT2D eigenvalue weighted by molar-refractivity contribution is 0.123. The number of rotatable bonds is 5. The molecular formula is C22H31N7O. The first-order valence-electron chi connectivity index (χ1n) is 10.5. The first kappa shape index (κ1) is 20.3. The second kappa shape index (κ2) is 8.79. The highest BCUT2D eigenvalue weighted by molar-refractivity contribution is 6.00. The van der Waals surface area contributed by atoms with Crippen molar-refractivity contribution in [3.63, 3.8) is 0 Å². The van der Waals surface area contributed by atoms with E-state index in [1.54, 1.807) is 0 Å². The third-order valence-corrected chi connectivity index (χ3v) is 5.39. The molecule has 4 rings (SSSR count). The third-order valence-electron chi connectivity index (χ3n) is 5.39. The van der Waals surface area contributed by atoms with Crippen LogP contribution in [-0.2, 0) is 4.74 Å². The second-order valence-corrected chi connectivity index (χ2v) is 7.81. The van der Waals surface area contributed by atoms with Crippen LogP contribution in [0.2, 0.25) is 0 Å². The maximum absolute atomic E-state index is 5.57. The molecule has 1 aromatic heterocycles. The van der Waals surface area contributed by atoms with Crippen molar-refractivity contribution in [3.05, 3.63) is 41.5 Å². The number of aryl methyl sites for hydroxylation is 1. The smallest absolute Gasteiger partial charge is 0.156 e. The molecule has 1 saturated heterocycles. The standard InChI is InChI=1S/C22H31N7O/c1-16-6-5-7-17(14-16)21-24-8-9-29(26-21)19-15-18(28-10-12-30-13-11-28)20(23-2)22(25-19)27(3)4/h5-7,14-15,23H,8-13H2,1-4H3,(H,24,26). The predicted octanol–water partition coefficient (Wildman–Crippen LogP) is 2.11. The van der Waals surface area contributed by atoms with Crippen LogP contribution in [0.25, 0.3) is 0 Å². The highest BCUT2D eigenvalue weighted by atomic mass is 16.5. The van der Waals surface area contributed by atoms with E-state index in [0.717, 1.165) is 73.8 Å². The normalized spacial score (nSPS) is 16.7. The number of hydrogen-bond acceptors (Lipinski definition) is 8. The van der Waals surface area contributed by atoms with E-state index in [-0.39, 0.29) is 0 Å². The van der Waals surface area contributed by atoms with Crippen molar-refractivity contribution in [1.82, 2.24) is 10.4 Å². The first-order chi connectivity index (χ1) is 14.6. The number of pyridine rings is 1. The van der Waals surface area contributed by atoms with Crippen LogP contribution in [0.3, 0.4) is 0 Å². The van der Waals surface area contributed by atoms with Gasteiger partial charge in [0.25, 0.3) is 0 Å². The molecule has 30 heavy (non-hydrogen) atoms. The molecule has 0 spiro atoms. The fourth-order valence-electron chi connectivity index (χ4n) is 3.86. The molecule has 0 unspecified atom stereocenters. The number of nitrogens with zero attached hydrogens (tertiary/aromatic N) is 5. The Balaban J connectivity index is 1.69. The molecule has 0 amide bonds. The van der Waals surface area contributed by atoms with Crippen LogP contribution >= 0.6 is 0 Å². The zero-order valence-electron chi connectivity index (χ0n) is 18.3. The van der Waals surface area contributed by atoms with Gasteiger partial charge in [-0.25, -0.2) is 4.98 Å². The minimum Gasteiger partial charge on any atom is -0.383 e. The van der Waals surface area contributed by atoms with E-state index < -0.39 is 0 Å². The zero-order valence-corrected chi connectivity index (χ0v) is 18.3. The molecule has 0 saturated carbocycles. The average Bonchev–Trinajstić information content (AvgIpc) is 2.78. The Hall–Kier alpha value is -3.00. The van der Waals surface area contributed by atoms with Crippen LogP contribution < -0.4 is 25.6 Å². The van der Waals surface area contributed by atoms with Crippen LogP contribution in [0.4, 0.5) is 23.0 Å². The number of ether oxygens (including phenoxy) is 1. The highest BCUT2D eigenvalue weighted by Crippen LogP contribution is 2.37. The average molecular weight is 410 g/mol. The maximum atomic E-state index is 5.57. The third kappa shape index (κ3) is 4.14. The lowest BCUT2D eigenvalue weighted by Crippen LogP contribution is -2.48. The van der Waals surface area contributed by atoms with E-state index in [9.17, 15) is 0 Å². The van der Waals surface area contributed by atoms with Gasteiger partial charge in [0.2, 0.25) is 0 Å². The van der Waals surface area contributed by atoms with E-state index in [4.69, 9.17) is 14.7 Å². The Morgan fingerprint density at radius 2 is 1.93 bits per heavy atom. The molecule has 0 radical (unpaired) electrons. The van der Waals surface area contributed by atoms with Crippen molar-refractivity contribution in [2.45, 2.75) is 6.92 Å². The Bertz CT molecular complexity index is 922. The summed E-state index contributed by atoms with van der Waals surface area (Å²) in [6, 6.07) is 10.6. The van der Waals surface area contributed by atoms with Gasteiger partial charge in [0.05, 0.1) is 32.0 Å². The summed E-state index contributed by atoms with van der Waals surface area (Å²) in [4.78, 5) is 14.1. The maximum Gasteiger partial charge on any atom is 0.156 e. The summed E-state index contributed by atoms with van der Waals surface area (Å²) in [5.41, 5.74) is 7.98. The molecule has 2 aliphatic heterocycles. The second-order valence-electron chi connectivity index (χ2n) is 7.81. The summed E-state index contributed by atoms with van der Waals surface area (Å²) in [5, 5.41) is 5.46. The molecule has 3 heterocycles. The van der Waals surface area contributed by atoms with E-state index in [1.165, 1.54) is 5.56 Å².